The number of aromatic nitrogens is 4. The first-order valence-electron chi connectivity index (χ1n) is 8.25. The Morgan fingerprint density at radius 1 is 1.29 bits per heavy atom. The summed E-state index contributed by atoms with van der Waals surface area (Å²) in [6.45, 7) is 4.94. The van der Waals surface area contributed by atoms with Crippen molar-refractivity contribution >= 4 is 39.7 Å². The van der Waals surface area contributed by atoms with Crippen LogP contribution in [0.4, 0.5) is 0 Å². The lowest BCUT2D eigenvalue weighted by Crippen LogP contribution is -2.26. The van der Waals surface area contributed by atoms with Crippen LogP contribution in [0.2, 0.25) is 0 Å². The van der Waals surface area contributed by atoms with Gasteiger partial charge in [-0.05, 0) is 30.5 Å². The maximum absolute atomic E-state index is 11.8. The number of rotatable bonds is 7. The Hall–Kier alpha value is -2.15. The number of hydrogen-bond acceptors (Lipinski definition) is 5. The number of thioether (sulfide) groups is 1. The summed E-state index contributed by atoms with van der Waals surface area (Å²) in [5.74, 6) is 0.304. The van der Waals surface area contributed by atoms with E-state index in [1.54, 1.807) is 0 Å². The van der Waals surface area contributed by atoms with E-state index in [0.29, 0.717) is 16.6 Å². The van der Waals surface area contributed by atoms with Crippen molar-refractivity contribution in [3.63, 3.8) is 0 Å². The van der Waals surface area contributed by atoms with Crippen molar-refractivity contribution in [2.45, 2.75) is 38.3 Å². The van der Waals surface area contributed by atoms with E-state index in [0.717, 1.165) is 42.2 Å². The number of nitrogens with zero attached hydrogens (tertiary/aromatic N) is 3. The van der Waals surface area contributed by atoms with Gasteiger partial charge in [-0.1, -0.05) is 38.1 Å². The Balaban J connectivity index is 1.74. The molecule has 0 fully saturated rings. The van der Waals surface area contributed by atoms with Gasteiger partial charge in [-0.3, -0.25) is 4.79 Å². The van der Waals surface area contributed by atoms with Gasteiger partial charge in [-0.2, -0.15) is 0 Å². The van der Waals surface area contributed by atoms with Crippen LogP contribution in [0.1, 0.15) is 32.3 Å². The number of unbranched alkanes of at least 4 members (excludes halogenated alkanes) is 1. The highest BCUT2D eigenvalue weighted by atomic mass is 32.2. The zero-order valence-corrected chi connectivity index (χ0v) is 14.7. The number of H-pyrrole nitrogens is 1. The van der Waals surface area contributed by atoms with Crippen molar-refractivity contribution in [2.24, 2.45) is 0 Å². The van der Waals surface area contributed by atoms with Gasteiger partial charge in [0.15, 0.2) is 5.65 Å². The van der Waals surface area contributed by atoms with Crippen LogP contribution in [0.3, 0.4) is 0 Å². The largest absolute Gasteiger partial charge is 0.355 e. The van der Waals surface area contributed by atoms with E-state index < -0.39 is 0 Å². The molecule has 0 spiro atoms. The first-order chi connectivity index (χ1) is 11.7. The topological polar surface area (TPSA) is 83.6 Å². The molecule has 24 heavy (non-hydrogen) atoms. The number of hydrogen-bond donors (Lipinski definition) is 2. The molecule has 6 nitrogen and oxygen atoms in total. The second kappa shape index (κ2) is 7.61. The van der Waals surface area contributed by atoms with Crippen molar-refractivity contribution in [2.75, 3.05) is 12.3 Å². The Labute approximate surface area is 144 Å². The summed E-state index contributed by atoms with van der Waals surface area (Å²) in [6, 6.07) is 6.27. The Morgan fingerprint density at radius 3 is 2.96 bits per heavy atom. The maximum atomic E-state index is 11.8. The molecule has 1 aromatic carbocycles. The van der Waals surface area contributed by atoms with Crippen molar-refractivity contribution in [1.82, 2.24) is 25.5 Å². The molecular formula is C17H21N5OS. The lowest BCUT2D eigenvalue weighted by Gasteiger charge is -2.02. The number of nitrogens with one attached hydrogen (secondary N) is 2. The SMILES string of the molecule is CCCCNC(=O)CSc1nnc2c(n1)[nH]c1ccc(CC)cc12. The third-order valence-corrected chi connectivity index (χ3v) is 4.69. The lowest BCUT2D eigenvalue weighted by atomic mass is 10.1. The number of aromatic amines is 1. The van der Waals surface area contributed by atoms with Gasteiger partial charge in [0.1, 0.15) is 5.52 Å². The molecule has 1 amide bonds. The van der Waals surface area contributed by atoms with Crippen molar-refractivity contribution in [3.05, 3.63) is 23.8 Å². The standard InChI is InChI=1S/C17H21N5OS/c1-3-5-8-18-14(23)10-24-17-20-16-15(21-22-17)12-9-11(4-2)6-7-13(12)19-16/h6-7,9H,3-5,8,10H2,1-2H3,(H,18,23)(H,19,20,22). The minimum atomic E-state index is 0.00128. The summed E-state index contributed by atoms with van der Waals surface area (Å²) in [5.41, 5.74) is 3.75. The van der Waals surface area contributed by atoms with Gasteiger partial charge in [0.25, 0.3) is 0 Å². The zero-order chi connectivity index (χ0) is 16.9. The Morgan fingerprint density at radius 2 is 2.17 bits per heavy atom. The third-order valence-electron chi connectivity index (χ3n) is 3.85. The number of carbonyl (C=O) groups is 1. The van der Waals surface area contributed by atoms with Gasteiger partial charge in [0, 0.05) is 17.4 Å². The molecule has 7 heteroatoms. The molecule has 2 heterocycles. The van der Waals surface area contributed by atoms with Crippen molar-refractivity contribution in [1.29, 1.82) is 0 Å². The molecule has 0 aliphatic rings. The van der Waals surface area contributed by atoms with E-state index in [4.69, 9.17) is 0 Å². The summed E-state index contributed by atoms with van der Waals surface area (Å²) < 4.78 is 0. The number of carbonyl (C=O) groups excluding carboxylic acids is 1. The number of benzene rings is 1. The molecular weight excluding hydrogens is 322 g/mol. The molecule has 0 unspecified atom stereocenters. The molecule has 3 aromatic rings. The highest BCUT2D eigenvalue weighted by molar-refractivity contribution is 7.99. The lowest BCUT2D eigenvalue weighted by molar-refractivity contribution is -0.118. The van der Waals surface area contributed by atoms with E-state index in [1.807, 2.05) is 6.07 Å². The molecule has 126 valence electrons. The molecule has 0 aliphatic heterocycles. The second-order valence-corrected chi connectivity index (χ2v) is 6.58. The second-order valence-electron chi connectivity index (χ2n) is 5.64. The fraction of sp³-hybridized carbons (Fsp3) is 0.412. The summed E-state index contributed by atoms with van der Waals surface area (Å²) in [6.07, 6.45) is 3.04. The molecule has 2 aromatic heterocycles. The molecule has 0 atom stereocenters. The Bertz CT molecular complexity index is 861. The fourth-order valence-corrected chi connectivity index (χ4v) is 3.09. The predicted octanol–water partition coefficient (Wildman–Crippen LogP) is 3.08. The normalized spacial score (nSPS) is 11.2. The molecule has 0 radical (unpaired) electrons. The predicted molar refractivity (Wildman–Crippen MR) is 97.2 cm³/mol. The van der Waals surface area contributed by atoms with Gasteiger partial charge in [0.05, 0.1) is 5.75 Å². The monoisotopic (exact) mass is 343 g/mol. The van der Waals surface area contributed by atoms with Crippen LogP contribution in [0.15, 0.2) is 23.4 Å². The van der Waals surface area contributed by atoms with Crippen LogP contribution < -0.4 is 5.32 Å². The average Bonchev–Trinajstić information content (AvgIpc) is 2.97. The molecule has 0 saturated heterocycles. The van der Waals surface area contributed by atoms with Crippen LogP contribution in [-0.2, 0) is 11.2 Å². The third kappa shape index (κ3) is 3.67. The fourth-order valence-electron chi connectivity index (χ4n) is 2.47. The van der Waals surface area contributed by atoms with Gasteiger partial charge < -0.3 is 10.3 Å². The molecule has 3 rings (SSSR count). The molecule has 0 bridgehead atoms. The summed E-state index contributed by atoms with van der Waals surface area (Å²) in [7, 11) is 0. The minimum absolute atomic E-state index is 0.00128. The zero-order valence-electron chi connectivity index (χ0n) is 13.9. The van der Waals surface area contributed by atoms with Crippen LogP contribution in [0.5, 0.6) is 0 Å². The van der Waals surface area contributed by atoms with E-state index in [-0.39, 0.29) is 5.91 Å². The molecule has 2 N–H and O–H groups in total. The van der Waals surface area contributed by atoms with Crippen LogP contribution in [0.25, 0.3) is 22.1 Å². The van der Waals surface area contributed by atoms with E-state index >= 15 is 0 Å². The quantitative estimate of drug-likeness (QED) is 0.509. The van der Waals surface area contributed by atoms with Crippen LogP contribution in [0, 0.1) is 0 Å². The summed E-state index contributed by atoms with van der Waals surface area (Å²) >= 11 is 1.30. The minimum Gasteiger partial charge on any atom is -0.355 e. The van der Waals surface area contributed by atoms with Crippen molar-refractivity contribution < 1.29 is 4.79 Å². The maximum Gasteiger partial charge on any atom is 0.230 e. The smallest absolute Gasteiger partial charge is 0.230 e. The highest BCUT2D eigenvalue weighted by Gasteiger charge is 2.11. The highest BCUT2D eigenvalue weighted by Crippen LogP contribution is 2.24. The number of amides is 1. The van der Waals surface area contributed by atoms with Crippen LogP contribution >= 0.6 is 11.8 Å². The van der Waals surface area contributed by atoms with E-state index in [1.165, 1.54) is 17.3 Å². The van der Waals surface area contributed by atoms with Crippen LogP contribution in [-0.4, -0.2) is 38.4 Å². The van der Waals surface area contributed by atoms with Gasteiger partial charge in [-0.15, -0.1) is 10.2 Å². The summed E-state index contributed by atoms with van der Waals surface area (Å²) in [4.78, 5) is 19.5. The van der Waals surface area contributed by atoms with Gasteiger partial charge >= 0.3 is 0 Å². The Kier molecular flexibility index (Phi) is 5.30. The van der Waals surface area contributed by atoms with Gasteiger partial charge in [0.2, 0.25) is 11.1 Å². The number of fused-ring (bicyclic) bond motifs is 3. The average molecular weight is 343 g/mol. The summed E-state index contributed by atoms with van der Waals surface area (Å²) in [5, 5.41) is 12.9. The number of aryl methyl sites for hydroxylation is 1. The first kappa shape index (κ1) is 16.7. The van der Waals surface area contributed by atoms with Gasteiger partial charge in [-0.25, -0.2) is 4.98 Å². The molecule has 0 saturated carbocycles. The van der Waals surface area contributed by atoms with E-state index in [9.17, 15) is 4.79 Å². The van der Waals surface area contributed by atoms with Crippen molar-refractivity contribution in [3.8, 4) is 0 Å². The molecule has 0 aliphatic carbocycles. The first-order valence-corrected chi connectivity index (χ1v) is 9.24. The van der Waals surface area contributed by atoms with E-state index in [2.05, 4.69) is 51.5 Å².